The Bertz CT molecular complexity index is 842. The SMILES string of the molecule is CONc1cnc(NCc2cccc(C(=O)NCCO)c2)nc1NCC1CCCCC1. The standard InChI is InChI=1S/C22H32N6O3/c1-31-28-19-15-26-22(27-20(19)24-13-16-6-3-2-4-7-16)25-14-17-8-5-9-18(12-17)21(30)23-10-11-29/h5,8-9,12,15-16,28-29H,2-4,6-7,10-11,13-14H2,1H3,(H,23,30)(H2,24,25,26,27). The van der Waals surface area contributed by atoms with Crippen LogP contribution in [0.2, 0.25) is 0 Å². The first-order chi connectivity index (χ1) is 15.2. The van der Waals surface area contributed by atoms with E-state index in [0.717, 1.165) is 12.1 Å². The van der Waals surface area contributed by atoms with E-state index in [1.165, 1.54) is 32.1 Å². The summed E-state index contributed by atoms with van der Waals surface area (Å²) in [5, 5.41) is 18.2. The summed E-state index contributed by atoms with van der Waals surface area (Å²) in [6, 6.07) is 7.31. The predicted octanol–water partition coefficient (Wildman–Crippen LogP) is 2.78. The van der Waals surface area contributed by atoms with Gasteiger partial charge < -0.3 is 21.1 Å². The van der Waals surface area contributed by atoms with Crippen molar-refractivity contribution in [3.63, 3.8) is 0 Å². The van der Waals surface area contributed by atoms with E-state index in [4.69, 9.17) is 9.94 Å². The number of nitrogens with one attached hydrogen (secondary N) is 4. The van der Waals surface area contributed by atoms with Gasteiger partial charge in [-0.1, -0.05) is 31.4 Å². The molecule has 9 heteroatoms. The lowest BCUT2D eigenvalue weighted by atomic mass is 9.89. The average Bonchev–Trinajstić information content (AvgIpc) is 2.82. The zero-order chi connectivity index (χ0) is 21.9. The molecule has 2 aromatic rings. The van der Waals surface area contributed by atoms with Crippen LogP contribution in [0.4, 0.5) is 17.5 Å². The Balaban J connectivity index is 1.62. The average molecular weight is 429 g/mol. The molecule has 1 aromatic heterocycles. The van der Waals surface area contributed by atoms with Gasteiger partial charge in [-0.3, -0.25) is 15.1 Å². The van der Waals surface area contributed by atoms with Gasteiger partial charge in [-0.05, 0) is 36.5 Å². The molecule has 1 saturated carbocycles. The van der Waals surface area contributed by atoms with Gasteiger partial charge in [0.1, 0.15) is 5.69 Å². The maximum Gasteiger partial charge on any atom is 0.251 e. The molecule has 168 valence electrons. The Morgan fingerprint density at radius 1 is 1.23 bits per heavy atom. The molecule has 1 aliphatic carbocycles. The van der Waals surface area contributed by atoms with Gasteiger partial charge in [0.2, 0.25) is 5.95 Å². The van der Waals surface area contributed by atoms with E-state index in [0.29, 0.717) is 35.5 Å². The largest absolute Gasteiger partial charge is 0.395 e. The highest BCUT2D eigenvalue weighted by atomic mass is 16.6. The van der Waals surface area contributed by atoms with Gasteiger partial charge in [0.05, 0.1) is 19.9 Å². The lowest BCUT2D eigenvalue weighted by molar-refractivity contribution is 0.0944. The maximum absolute atomic E-state index is 12.1. The predicted molar refractivity (Wildman–Crippen MR) is 121 cm³/mol. The third kappa shape index (κ3) is 7.08. The lowest BCUT2D eigenvalue weighted by Crippen LogP contribution is -2.26. The molecule has 1 fully saturated rings. The Morgan fingerprint density at radius 2 is 2.06 bits per heavy atom. The van der Waals surface area contributed by atoms with Crippen molar-refractivity contribution in [1.29, 1.82) is 0 Å². The Hall–Kier alpha value is -2.91. The fraction of sp³-hybridized carbons (Fsp3) is 0.500. The van der Waals surface area contributed by atoms with Crippen molar-refractivity contribution in [2.75, 3.05) is 42.9 Å². The molecule has 0 radical (unpaired) electrons. The normalized spacial score (nSPS) is 14.1. The molecule has 3 rings (SSSR count). The molecule has 0 saturated heterocycles. The smallest absolute Gasteiger partial charge is 0.251 e. The van der Waals surface area contributed by atoms with Crippen LogP contribution in [-0.2, 0) is 11.4 Å². The number of carbonyl (C=O) groups is 1. The zero-order valence-electron chi connectivity index (χ0n) is 18.0. The van der Waals surface area contributed by atoms with E-state index < -0.39 is 0 Å². The maximum atomic E-state index is 12.1. The minimum Gasteiger partial charge on any atom is -0.395 e. The van der Waals surface area contributed by atoms with Gasteiger partial charge in [-0.25, -0.2) is 4.98 Å². The van der Waals surface area contributed by atoms with Crippen LogP contribution in [0.5, 0.6) is 0 Å². The summed E-state index contributed by atoms with van der Waals surface area (Å²) in [6.45, 7) is 1.49. The number of nitrogens with zero attached hydrogens (tertiary/aromatic N) is 2. The van der Waals surface area contributed by atoms with Crippen molar-refractivity contribution in [3.8, 4) is 0 Å². The van der Waals surface area contributed by atoms with Crippen molar-refractivity contribution in [2.45, 2.75) is 38.6 Å². The van der Waals surface area contributed by atoms with E-state index in [-0.39, 0.29) is 19.1 Å². The van der Waals surface area contributed by atoms with Crippen LogP contribution in [-0.4, -0.2) is 47.8 Å². The van der Waals surface area contributed by atoms with Crippen molar-refractivity contribution >= 4 is 23.4 Å². The summed E-state index contributed by atoms with van der Waals surface area (Å²) in [5.74, 6) is 1.64. The van der Waals surface area contributed by atoms with Gasteiger partial charge in [0.15, 0.2) is 5.82 Å². The van der Waals surface area contributed by atoms with Gasteiger partial charge in [-0.15, -0.1) is 0 Å². The Labute approximate surface area is 183 Å². The second kappa shape index (κ2) is 12.1. The number of aliphatic hydroxyl groups excluding tert-OH is 1. The van der Waals surface area contributed by atoms with Crippen LogP contribution >= 0.6 is 0 Å². The number of amides is 1. The van der Waals surface area contributed by atoms with Crippen LogP contribution in [0.1, 0.15) is 48.0 Å². The first kappa shape index (κ1) is 22.8. The number of hydrogen-bond donors (Lipinski definition) is 5. The molecule has 0 bridgehead atoms. The topological polar surface area (TPSA) is 120 Å². The molecule has 1 aliphatic rings. The summed E-state index contributed by atoms with van der Waals surface area (Å²) in [7, 11) is 1.56. The van der Waals surface area contributed by atoms with E-state index in [1.807, 2.05) is 18.2 Å². The molecule has 1 heterocycles. The Morgan fingerprint density at radius 3 is 2.84 bits per heavy atom. The van der Waals surface area contributed by atoms with Crippen LogP contribution in [0.15, 0.2) is 30.5 Å². The van der Waals surface area contributed by atoms with Crippen LogP contribution < -0.4 is 21.4 Å². The number of benzene rings is 1. The summed E-state index contributed by atoms with van der Waals surface area (Å²) >= 11 is 0. The molecule has 31 heavy (non-hydrogen) atoms. The second-order valence-electron chi connectivity index (χ2n) is 7.68. The minimum atomic E-state index is -0.212. The van der Waals surface area contributed by atoms with Gasteiger partial charge >= 0.3 is 0 Å². The van der Waals surface area contributed by atoms with Crippen molar-refractivity contribution in [2.24, 2.45) is 5.92 Å². The highest BCUT2D eigenvalue weighted by Gasteiger charge is 2.15. The molecule has 1 amide bonds. The molecule has 5 N–H and O–H groups in total. The molecule has 0 unspecified atom stereocenters. The first-order valence-electron chi connectivity index (χ1n) is 10.8. The Kier molecular flexibility index (Phi) is 8.86. The van der Waals surface area contributed by atoms with E-state index >= 15 is 0 Å². The fourth-order valence-electron chi connectivity index (χ4n) is 3.69. The highest BCUT2D eigenvalue weighted by Crippen LogP contribution is 2.26. The second-order valence-corrected chi connectivity index (χ2v) is 7.68. The fourth-order valence-corrected chi connectivity index (χ4v) is 3.69. The van der Waals surface area contributed by atoms with Gasteiger partial charge in [0.25, 0.3) is 5.91 Å². The minimum absolute atomic E-state index is 0.0879. The van der Waals surface area contributed by atoms with Gasteiger partial charge in [0, 0.05) is 25.2 Å². The lowest BCUT2D eigenvalue weighted by Gasteiger charge is -2.22. The number of rotatable bonds is 11. The van der Waals surface area contributed by atoms with Gasteiger partial charge in [-0.2, -0.15) is 4.98 Å². The van der Waals surface area contributed by atoms with E-state index in [9.17, 15) is 4.79 Å². The monoisotopic (exact) mass is 428 g/mol. The molecule has 0 aliphatic heterocycles. The summed E-state index contributed by atoms with van der Waals surface area (Å²) < 4.78 is 0. The molecule has 0 spiro atoms. The van der Waals surface area contributed by atoms with Crippen molar-refractivity contribution in [1.82, 2.24) is 15.3 Å². The number of anilines is 3. The highest BCUT2D eigenvalue weighted by molar-refractivity contribution is 5.94. The molecular formula is C22H32N6O3. The first-order valence-corrected chi connectivity index (χ1v) is 10.8. The molecule has 0 atom stereocenters. The third-order valence-electron chi connectivity index (χ3n) is 5.32. The molecule has 1 aromatic carbocycles. The van der Waals surface area contributed by atoms with E-state index in [1.54, 1.807) is 19.4 Å². The van der Waals surface area contributed by atoms with Crippen LogP contribution in [0.25, 0.3) is 0 Å². The summed E-state index contributed by atoms with van der Waals surface area (Å²) in [5.41, 5.74) is 4.98. The van der Waals surface area contributed by atoms with Crippen molar-refractivity contribution in [3.05, 3.63) is 41.6 Å². The zero-order valence-corrected chi connectivity index (χ0v) is 18.0. The number of aliphatic hydroxyl groups is 1. The van der Waals surface area contributed by atoms with Crippen molar-refractivity contribution < 1.29 is 14.7 Å². The summed E-state index contributed by atoms with van der Waals surface area (Å²) in [6.07, 6.45) is 8.10. The molecular weight excluding hydrogens is 396 g/mol. The van der Waals surface area contributed by atoms with Crippen LogP contribution in [0, 0.1) is 5.92 Å². The number of carbonyl (C=O) groups excluding carboxylic acids is 1. The third-order valence-corrected chi connectivity index (χ3v) is 5.32. The van der Waals surface area contributed by atoms with Crippen LogP contribution in [0.3, 0.4) is 0 Å². The van der Waals surface area contributed by atoms with E-state index in [2.05, 4.69) is 31.4 Å². The number of aromatic nitrogens is 2. The molecule has 9 nitrogen and oxygen atoms in total. The summed E-state index contributed by atoms with van der Waals surface area (Å²) in [4.78, 5) is 26.1. The quantitative estimate of drug-likeness (QED) is 0.347. The number of hydrogen-bond acceptors (Lipinski definition) is 8.